The smallest absolute Gasteiger partial charge is 0.142 e. The summed E-state index contributed by atoms with van der Waals surface area (Å²) in [4.78, 5) is 10.8. The summed E-state index contributed by atoms with van der Waals surface area (Å²) < 4.78 is 1.17. The van der Waals surface area contributed by atoms with Crippen molar-refractivity contribution in [1.82, 2.24) is 4.98 Å². The molecule has 2 fully saturated rings. The third-order valence-electron chi connectivity index (χ3n) is 6.06. The first kappa shape index (κ1) is 22.4. The molecule has 6 rings (SSSR count). The summed E-state index contributed by atoms with van der Waals surface area (Å²) in [6.07, 6.45) is 0. The van der Waals surface area contributed by atoms with Crippen molar-refractivity contribution >= 4 is 77.8 Å². The van der Waals surface area contributed by atoms with E-state index in [2.05, 4.69) is 74.6 Å². The van der Waals surface area contributed by atoms with Gasteiger partial charge < -0.3 is 9.80 Å². The summed E-state index contributed by atoms with van der Waals surface area (Å²) >= 11 is 7.40. The third-order valence-corrected chi connectivity index (χ3v) is 10.0. The topological polar surface area (TPSA) is 44.1 Å². The Bertz CT molecular complexity index is 1240. The van der Waals surface area contributed by atoms with E-state index in [1.807, 2.05) is 23.5 Å². The third kappa shape index (κ3) is 4.98. The number of azo groups is 1. The van der Waals surface area contributed by atoms with Crippen molar-refractivity contribution in [2.75, 3.05) is 59.0 Å². The zero-order valence-electron chi connectivity index (χ0n) is 18.7. The first-order chi connectivity index (χ1) is 16.8. The van der Waals surface area contributed by atoms with E-state index in [9.17, 15) is 0 Å². The Hall–Kier alpha value is -2.07. The van der Waals surface area contributed by atoms with Crippen molar-refractivity contribution in [3.05, 3.63) is 54.6 Å². The fraction of sp³-hybridized carbons (Fsp3) is 0.320. The van der Waals surface area contributed by atoms with Crippen LogP contribution < -0.4 is 9.80 Å². The molecule has 5 nitrogen and oxygen atoms in total. The van der Waals surface area contributed by atoms with Gasteiger partial charge >= 0.3 is 0 Å². The molecular weight excluding hydrogens is 499 g/mol. The molecule has 9 heteroatoms. The SMILES string of the molecule is c1cc(N2CCSCC2)ccc1N=Nc1cc2sc(-c3ccc(N4CCSCC4)cc3)nc2s1. The Labute approximate surface area is 216 Å². The van der Waals surface area contributed by atoms with Gasteiger partial charge in [0, 0.05) is 66.1 Å². The second kappa shape index (κ2) is 10.3. The molecule has 34 heavy (non-hydrogen) atoms. The van der Waals surface area contributed by atoms with Gasteiger partial charge in [-0.15, -0.1) is 21.6 Å². The Kier molecular flexibility index (Phi) is 6.77. The van der Waals surface area contributed by atoms with E-state index < -0.39 is 0 Å². The zero-order chi connectivity index (χ0) is 22.7. The first-order valence-corrected chi connectivity index (χ1v) is 15.4. The lowest BCUT2D eigenvalue weighted by molar-refractivity contribution is 0.859. The number of hydrogen-bond acceptors (Lipinski definition) is 9. The molecule has 0 spiro atoms. The van der Waals surface area contributed by atoms with Crippen molar-refractivity contribution in [2.24, 2.45) is 10.2 Å². The number of thioether (sulfide) groups is 2. The summed E-state index contributed by atoms with van der Waals surface area (Å²) in [6, 6.07) is 19.4. The maximum atomic E-state index is 4.88. The lowest BCUT2D eigenvalue weighted by Crippen LogP contribution is -2.32. The van der Waals surface area contributed by atoms with Gasteiger partial charge in [0.2, 0.25) is 0 Å². The lowest BCUT2D eigenvalue weighted by Gasteiger charge is -2.28. The van der Waals surface area contributed by atoms with Crippen LogP contribution in [0.5, 0.6) is 0 Å². The highest BCUT2D eigenvalue weighted by atomic mass is 32.2. The molecule has 0 unspecified atom stereocenters. The van der Waals surface area contributed by atoms with Crippen molar-refractivity contribution in [2.45, 2.75) is 0 Å². The van der Waals surface area contributed by atoms with Crippen LogP contribution in [0.15, 0.2) is 64.8 Å². The molecular formula is C25H25N5S4. The fourth-order valence-corrected chi connectivity index (χ4v) is 8.03. The largest absolute Gasteiger partial charge is 0.370 e. The van der Waals surface area contributed by atoms with Gasteiger partial charge in [0.05, 0.1) is 10.4 Å². The molecule has 2 aliphatic heterocycles. The van der Waals surface area contributed by atoms with E-state index in [4.69, 9.17) is 4.98 Å². The van der Waals surface area contributed by atoms with E-state index in [0.717, 1.165) is 46.7 Å². The van der Waals surface area contributed by atoms with Crippen LogP contribution >= 0.6 is 46.2 Å². The van der Waals surface area contributed by atoms with Crippen molar-refractivity contribution in [3.8, 4) is 10.6 Å². The molecule has 2 aromatic carbocycles. The minimum atomic E-state index is 0.882. The number of nitrogens with zero attached hydrogens (tertiary/aromatic N) is 5. The van der Waals surface area contributed by atoms with Crippen LogP contribution in [0.4, 0.5) is 22.1 Å². The molecule has 0 aliphatic carbocycles. The van der Waals surface area contributed by atoms with E-state index in [1.165, 1.54) is 44.6 Å². The Balaban J connectivity index is 1.13. The molecule has 2 aliphatic rings. The summed E-state index contributed by atoms with van der Waals surface area (Å²) in [5.74, 6) is 4.84. The second-order valence-corrected chi connectivity index (χ2v) is 12.7. The molecule has 4 heterocycles. The minimum absolute atomic E-state index is 0.882. The van der Waals surface area contributed by atoms with Crippen LogP contribution in [0.1, 0.15) is 0 Å². The second-order valence-electron chi connectivity index (χ2n) is 8.24. The van der Waals surface area contributed by atoms with E-state index in [1.54, 1.807) is 22.7 Å². The first-order valence-electron chi connectivity index (χ1n) is 11.5. The standard InChI is InChI=1S/C25H25N5S4/c1-5-20(29-9-13-31-14-10-29)6-2-18(1)24-26-25-22(33-24)17-23(34-25)28-27-19-3-7-21(8-4-19)30-11-15-32-16-12-30/h1-8,17H,9-16H2. The van der Waals surface area contributed by atoms with E-state index in [0.29, 0.717) is 0 Å². The van der Waals surface area contributed by atoms with Crippen LogP contribution in [0, 0.1) is 0 Å². The van der Waals surface area contributed by atoms with Crippen LogP contribution in [0.2, 0.25) is 0 Å². The van der Waals surface area contributed by atoms with Crippen molar-refractivity contribution < 1.29 is 0 Å². The summed E-state index contributed by atoms with van der Waals surface area (Å²) in [5, 5.41) is 10.9. The monoisotopic (exact) mass is 523 g/mol. The maximum Gasteiger partial charge on any atom is 0.142 e. The number of fused-ring (bicyclic) bond motifs is 1. The molecule has 2 saturated heterocycles. The molecule has 0 amide bonds. The highest BCUT2D eigenvalue weighted by molar-refractivity contribution is 7.99. The summed E-state index contributed by atoms with van der Waals surface area (Å²) in [6.45, 7) is 4.51. The van der Waals surface area contributed by atoms with Crippen LogP contribution in [0.25, 0.3) is 20.1 Å². The van der Waals surface area contributed by atoms with Gasteiger partial charge in [-0.2, -0.15) is 23.5 Å². The quantitative estimate of drug-likeness (QED) is 0.253. The molecule has 0 bridgehead atoms. The lowest BCUT2D eigenvalue weighted by atomic mass is 10.2. The molecule has 0 saturated carbocycles. The van der Waals surface area contributed by atoms with Gasteiger partial charge in [-0.25, -0.2) is 4.98 Å². The van der Waals surface area contributed by atoms with Gasteiger partial charge in [-0.1, -0.05) is 11.3 Å². The van der Waals surface area contributed by atoms with Gasteiger partial charge in [0.1, 0.15) is 14.8 Å². The average molecular weight is 524 g/mol. The minimum Gasteiger partial charge on any atom is -0.370 e. The summed E-state index contributed by atoms with van der Waals surface area (Å²) in [7, 11) is 0. The molecule has 0 atom stereocenters. The number of thiophene rings is 1. The van der Waals surface area contributed by atoms with Crippen molar-refractivity contribution in [3.63, 3.8) is 0 Å². The van der Waals surface area contributed by atoms with Gasteiger partial charge in [0.25, 0.3) is 0 Å². The number of aromatic nitrogens is 1. The highest BCUT2D eigenvalue weighted by Gasteiger charge is 2.14. The van der Waals surface area contributed by atoms with Gasteiger partial charge in [-0.05, 0) is 54.6 Å². The molecule has 0 N–H and O–H groups in total. The van der Waals surface area contributed by atoms with Gasteiger partial charge in [-0.3, -0.25) is 0 Å². The van der Waals surface area contributed by atoms with Crippen molar-refractivity contribution in [1.29, 1.82) is 0 Å². The van der Waals surface area contributed by atoms with Crippen LogP contribution in [-0.4, -0.2) is 54.2 Å². The number of hydrogen-bond donors (Lipinski definition) is 0. The van der Waals surface area contributed by atoms with Crippen LogP contribution in [0.3, 0.4) is 0 Å². The number of thiazole rings is 1. The van der Waals surface area contributed by atoms with Gasteiger partial charge in [0.15, 0.2) is 0 Å². The molecule has 0 radical (unpaired) electrons. The normalized spacial score (nSPS) is 17.2. The Morgan fingerprint density at radius 1 is 0.676 bits per heavy atom. The number of benzene rings is 2. The predicted molar refractivity (Wildman–Crippen MR) is 153 cm³/mol. The highest BCUT2D eigenvalue weighted by Crippen LogP contribution is 2.39. The number of anilines is 2. The Morgan fingerprint density at radius 3 is 1.85 bits per heavy atom. The number of rotatable bonds is 5. The summed E-state index contributed by atoms with van der Waals surface area (Å²) in [5.41, 5.74) is 4.65. The molecule has 174 valence electrons. The van der Waals surface area contributed by atoms with Crippen LogP contribution in [-0.2, 0) is 0 Å². The maximum absolute atomic E-state index is 4.88. The Morgan fingerprint density at radius 2 is 1.26 bits per heavy atom. The predicted octanol–water partition coefficient (Wildman–Crippen LogP) is 7.55. The average Bonchev–Trinajstić information content (AvgIpc) is 3.48. The van der Waals surface area contributed by atoms with E-state index >= 15 is 0 Å². The fourth-order valence-electron chi connectivity index (χ4n) is 4.19. The molecule has 2 aromatic heterocycles. The van der Waals surface area contributed by atoms with E-state index in [-0.39, 0.29) is 0 Å². The molecule has 4 aromatic rings. The zero-order valence-corrected chi connectivity index (χ0v) is 22.0.